The van der Waals surface area contributed by atoms with Gasteiger partial charge in [-0.05, 0) is 12.1 Å². The Labute approximate surface area is 124 Å². The van der Waals surface area contributed by atoms with Crippen molar-refractivity contribution in [2.75, 3.05) is 25.1 Å². The molecule has 0 spiro atoms. The highest BCUT2D eigenvalue weighted by atomic mass is 19.4. The predicted molar refractivity (Wildman–Crippen MR) is 74.2 cm³/mol. The number of nitrogens with one attached hydrogen (secondary N) is 1. The van der Waals surface area contributed by atoms with Crippen LogP contribution in [0.2, 0.25) is 0 Å². The molecule has 1 heterocycles. The number of aliphatic imine (C=N–C) groups is 1. The molecule has 0 aliphatic carbocycles. The number of alkyl halides is 3. The minimum atomic E-state index is -4.72. The van der Waals surface area contributed by atoms with E-state index in [1.807, 2.05) is 0 Å². The van der Waals surface area contributed by atoms with Gasteiger partial charge in [0.15, 0.2) is 23.6 Å². The van der Waals surface area contributed by atoms with E-state index in [9.17, 15) is 13.2 Å². The van der Waals surface area contributed by atoms with E-state index in [0.717, 1.165) is 6.42 Å². The molecule has 9 heteroatoms. The van der Waals surface area contributed by atoms with Crippen LogP contribution in [0.15, 0.2) is 23.2 Å². The van der Waals surface area contributed by atoms with Crippen molar-refractivity contribution in [2.45, 2.75) is 18.7 Å². The number of halogens is 3. The van der Waals surface area contributed by atoms with Crippen LogP contribution < -0.4 is 20.5 Å². The van der Waals surface area contributed by atoms with Gasteiger partial charge in [0.1, 0.15) is 0 Å². The summed E-state index contributed by atoms with van der Waals surface area (Å²) in [6.07, 6.45) is -6.51. The molecule has 0 amide bonds. The fourth-order valence-electron chi connectivity index (χ4n) is 1.72. The normalized spacial score (nSPS) is 16.8. The molecule has 22 heavy (non-hydrogen) atoms. The number of rotatable bonds is 3. The topological polar surface area (TPSA) is 89.1 Å². The average Bonchev–Trinajstić information content (AvgIpc) is 2.68. The van der Waals surface area contributed by atoms with Gasteiger partial charge in [-0.2, -0.15) is 13.2 Å². The highest BCUT2D eigenvalue weighted by Gasteiger charge is 2.37. The van der Waals surface area contributed by atoms with Gasteiger partial charge in [-0.25, -0.2) is 0 Å². The number of aliphatic hydroxyl groups excluding tert-OH is 1. The number of nitrogens with two attached hydrogens (primary N) is 1. The molecule has 1 aliphatic heterocycles. The second-order valence-corrected chi connectivity index (χ2v) is 4.62. The number of hydrogen-bond acceptors (Lipinski definition) is 4. The zero-order valence-electron chi connectivity index (χ0n) is 11.6. The summed E-state index contributed by atoms with van der Waals surface area (Å²) in [5.41, 5.74) is 5.99. The van der Waals surface area contributed by atoms with E-state index in [0.29, 0.717) is 30.4 Å². The van der Waals surface area contributed by atoms with Gasteiger partial charge in [0, 0.05) is 18.2 Å². The van der Waals surface area contributed by atoms with Gasteiger partial charge >= 0.3 is 6.18 Å². The van der Waals surface area contributed by atoms with Crippen LogP contribution in [0.5, 0.6) is 11.5 Å². The Morgan fingerprint density at radius 2 is 2.00 bits per heavy atom. The van der Waals surface area contributed by atoms with E-state index in [1.165, 1.54) is 0 Å². The van der Waals surface area contributed by atoms with Crippen molar-refractivity contribution < 1.29 is 27.8 Å². The molecule has 1 aliphatic rings. The van der Waals surface area contributed by atoms with Crippen LogP contribution in [0.25, 0.3) is 0 Å². The minimum absolute atomic E-state index is 0.238. The molecular formula is C13H16F3N3O3. The second-order valence-electron chi connectivity index (χ2n) is 4.62. The highest BCUT2D eigenvalue weighted by molar-refractivity contribution is 5.92. The van der Waals surface area contributed by atoms with Crippen molar-refractivity contribution in [1.29, 1.82) is 0 Å². The van der Waals surface area contributed by atoms with Crippen LogP contribution in [0.1, 0.15) is 6.42 Å². The van der Waals surface area contributed by atoms with Gasteiger partial charge in [0.05, 0.1) is 19.8 Å². The average molecular weight is 319 g/mol. The number of nitrogens with zero attached hydrogens (tertiary/aromatic N) is 1. The summed E-state index contributed by atoms with van der Waals surface area (Å²) in [5.74, 6) is 0.870. The molecule has 0 radical (unpaired) electrons. The SMILES string of the molecule is NC(=NCC(O)C(F)(F)F)Nc1ccc2c(c1)OCCCO2. The molecule has 1 unspecified atom stereocenters. The van der Waals surface area contributed by atoms with Gasteiger partial charge in [-0.15, -0.1) is 0 Å². The fraction of sp³-hybridized carbons (Fsp3) is 0.462. The predicted octanol–water partition coefficient (Wildman–Crippen LogP) is 1.50. The lowest BCUT2D eigenvalue weighted by molar-refractivity contribution is -0.199. The Morgan fingerprint density at radius 3 is 2.68 bits per heavy atom. The third kappa shape index (κ3) is 4.42. The highest BCUT2D eigenvalue weighted by Crippen LogP contribution is 2.32. The summed E-state index contributed by atoms with van der Waals surface area (Å²) in [6.45, 7) is 0.198. The molecule has 0 saturated heterocycles. The summed E-state index contributed by atoms with van der Waals surface area (Å²) < 4.78 is 47.4. The Bertz CT molecular complexity index is 549. The van der Waals surface area contributed by atoms with E-state index >= 15 is 0 Å². The number of anilines is 1. The van der Waals surface area contributed by atoms with E-state index in [1.54, 1.807) is 18.2 Å². The molecule has 0 aromatic heterocycles. The Balaban J connectivity index is 1.99. The molecular weight excluding hydrogens is 303 g/mol. The van der Waals surface area contributed by atoms with Gasteiger partial charge in [0.2, 0.25) is 0 Å². The Hall–Kier alpha value is -2.16. The van der Waals surface area contributed by atoms with Crippen LogP contribution in [-0.2, 0) is 0 Å². The first-order valence-corrected chi connectivity index (χ1v) is 6.57. The Morgan fingerprint density at radius 1 is 1.32 bits per heavy atom. The van der Waals surface area contributed by atoms with E-state index < -0.39 is 18.8 Å². The molecule has 2 rings (SSSR count). The molecule has 0 saturated carbocycles. The number of fused-ring (bicyclic) bond motifs is 1. The summed E-state index contributed by atoms with van der Waals surface area (Å²) in [7, 11) is 0. The largest absolute Gasteiger partial charge is 0.490 e. The molecule has 1 aromatic rings. The molecule has 4 N–H and O–H groups in total. The standard InChI is InChI=1S/C13H16F3N3O3/c14-13(15,16)11(20)7-18-12(17)19-8-2-3-9-10(6-8)22-5-1-4-21-9/h2-3,6,11,20H,1,4-5,7H2,(H3,17,18,19). The second kappa shape index (κ2) is 6.73. The van der Waals surface area contributed by atoms with E-state index in [-0.39, 0.29) is 5.96 Å². The summed E-state index contributed by atoms with van der Waals surface area (Å²) >= 11 is 0. The summed E-state index contributed by atoms with van der Waals surface area (Å²) in [6, 6.07) is 4.92. The Kier molecular flexibility index (Phi) is 4.96. The summed E-state index contributed by atoms with van der Waals surface area (Å²) in [4.78, 5) is 3.46. The molecule has 6 nitrogen and oxygen atoms in total. The molecule has 1 atom stereocenters. The van der Waals surface area contributed by atoms with Crippen molar-refractivity contribution in [3.8, 4) is 11.5 Å². The quantitative estimate of drug-likeness (QED) is 0.580. The lowest BCUT2D eigenvalue weighted by Crippen LogP contribution is -2.33. The maximum atomic E-state index is 12.1. The van der Waals surface area contributed by atoms with Crippen molar-refractivity contribution in [3.63, 3.8) is 0 Å². The van der Waals surface area contributed by atoms with Crippen molar-refractivity contribution in [1.82, 2.24) is 0 Å². The maximum absolute atomic E-state index is 12.1. The molecule has 0 fully saturated rings. The number of hydrogen-bond donors (Lipinski definition) is 3. The summed E-state index contributed by atoms with van der Waals surface area (Å²) in [5, 5.41) is 11.5. The zero-order chi connectivity index (χ0) is 16.2. The zero-order valence-corrected chi connectivity index (χ0v) is 11.6. The van der Waals surface area contributed by atoms with Crippen molar-refractivity contribution >= 4 is 11.6 Å². The number of aliphatic hydroxyl groups is 1. The van der Waals surface area contributed by atoms with Gasteiger partial charge in [-0.1, -0.05) is 0 Å². The minimum Gasteiger partial charge on any atom is -0.490 e. The van der Waals surface area contributed by atoms with Crippen LogP contribution >= 0.6 is 0 Å². The monoisotopic (exact) mass is 319 g/mol. The van der Waals surface area contributed by atoms with Crippen molar-refractivity contribution in [3.05, 3.63) is 18.2 Å². The van der Waals surface area contributed by atoms with Crippen molar-refractivity contribution in [2.24, 2.45) is 10.7 Å². The van der Waals surface area contributed by atoms with Crippen LogP contribution in [0, 0.1) is 0 Å². The van der Waals surface area contributed by atoms with E-state index in [4.69, 9.17) is 20.3 Å². The molecule has 122 valence electrons. The van der Waals surface area contributed by atoms with E-state index in [2.05, 4.69) is 10.3 Å². The van der Waals surface area contributed by atoms with Crippen LogP contribution in [0.3, 0.4) is 0 Å². The first-order valence-electron chi connectivity index (χ1n) is 6.57. The molecule has 0 bridgehead atoms. The number of benzene rings is 1. The third-order valence-electron chi connectivity index (χ3n) is 2.83. The van der Waals surface area contributed by atoms with Crippen LogP contribution in [-0.4, -0.2) is 43.1 Å². The number of ether oxygens (including phenoxy) is 2. The number of guanidine groups is 1. The first kappa shape index (κ1) is 16.2. The van der Waals surface area contributed by atoms with Gasteiger partial charge < -0.3 is 25.6 Å². The first-order chi connectivity index (χ1) is 10.4. The van der Waals surface area contributed by atoms with Gasteiger partial charge in [-0.3, -0.25) is 4.99 Å². The fourth-order valence-corrected chi connectivity index (χ4v) is 1.72. The third-order valence-corrected chi connectivity index (χ3v) is 2.83. The van der Waals surface area contributed by atoms with Gasteiger partial charge in [0.25, 0.3) is 0 Å². The smallest absolute Gasteiger partial charge is 0.416 e. The maximum Gasteiger partial charge on any atom is 0.416 e. The molecule has 1 aromatic carbocycles. The lowest BCUT2D eigenvalue weighted by atomic mass is 10.3. The lowest BCUT2D eigenvalue weighted by Gasteiger charge is -2.13. The van der Waals surface area contributed by atoms with Crippen LogP contribution in [0.4, 0.5) is 18.9 Å².